The summed E-state index contributed by atoms with van der Waals surface area (Å²) < 4.78 is 20.5. The fourth-order valence-corrected chi connectivity index (χ4v) is 3.27. The van der Waals surface area contributed by atoms with E-state index in [-0.39, 0.29) is 34.9 Å². The molecule has 0 unspecified atom stereocenters. The molecule has 0 aromatic heterocycles. The van der Waals surface area contributed by atoms with Crippen molar-refractivity contribution in [3.63, 3.8) is 0 Å². The standard InChI is InChI=1S/C19H13Cl2FN4O4/c1-8(2)9-3-15(24-7-14(9)28)30-19-10(20)4-12(18(22)17(19)21)26-16(29)5-13(27)11(6-23)25-26/h3-4,8H,5,7H2,1-2H3. The van der Waals surface area contributed by atoms with Gasteiger partial charge in [0.1, 0.15) is 23.3 Å². The van der Waals surface area contributed by atoms with Crippen molar-refractivity contribution in [2.24, 2.45) is 16.0 Å². The number of aliphatic imine (C=N–C) groups is 1. The number of anilines is 1. The minimum Gasteiger partial charge on any atom is -0.436 e. The maximum atomic E-state index is 14.9. The summed E-state index contributed by atoms with van der Waals surface area (Å²) in [7, 11) is 0. The molecule has 0 bridgehead atoms. The maximum absolute atomic E-state index is 14.9. The van der Waals surface area contributed by atoms with Crippen molar-refractivity contribution in [1.29, 1.82) is 5.26 Å². The zero-order chi connectivity index (χ0) is 22.2. The molecule has 0 radical (unpaired) electrons. The van der Waals surface area contributed by atoms with Crippen LogP contribution < -0.4 is 9.75 Å². The van der Waals surface area contributed by atoms with Crippen LogP contribution in [0.2, 0.25) is 10.0 Å². The quantitative estimate of drug-likeness (QED) is 0.517. The highest BCUT2D eigenvalue weighted by Crippen LogP contribution is 2.41. The van der Waals surface area contributed by atoms with Crippen molar-refractivity contribution in [2.75, 3.05) is 11.6 Å². The molecule has 0 fully saturated rings. The summed E-state index contributed by atoms with van der Waals surface area (Å²) in [6.07, 6.45) is 0.783. The van der Waals surface area contributed by atoms with E-state index in [1.807, 2.05) is 13.8 Å². The number of dihydropyridines is 1. The Kier molecular flexibility index (Phi) is 6.01. The van der Waals surface area contributed by atoms with Gasteiger partial charge in [-0.2, -0.15) is 10.3 Å². The molecule has 30 heavy (non-hydrogen) atoms. The number of ketones is 2. The molecule has 2 heterocycles. The number of rotatable bonds is 3. The van der Waals surface area contributed by atoms with Crippen LogP contribution in [0.4, 0.5) is 10.1 Å². The second-order valence-electron chi connectivity index (χ2n) is 6.63. The summed E-state index contributed by atoms with van der Waals surface area (Å²) in [6, 6.07) is 2.58. The van der Waals surface area contributed by atoms with Crippen LogP contribution in [0.1, 0.15) is 20.3 Å². The number of carbonyl (C=O) groups is 3. The Morgan fingerprint density at radius 2 is 1.97 bits per heavy atom. The number of hydrogen-bond acceptors (Lipinski definition) is 7. The van der Waals surface area contributed by atoms with Crippen molar-refractivity contribution >= 4 is 58.0 Å². The van der Waals surface area contributed by atoms with E-state index in [9.17, 15) is 18.8 Å². The number of carbonyl (C=O) groups excluding carboxylic acids is 3. The largest absolute Gasteiger partial charge is 0.436 e. The summed E-state index contributed by atoms with van der Waals surface area (Å²) in [5.41, 5.74) is -0.498. The first-order valence-electron chi connectivity index (χ1n) is 8.63. The van der Waals surface area contributed by atoms with Gasteiger partial charge in [0, 0.05) is 11.6 Å². The van der Waals surface area contributed by atoms with Crippen LogP contribution >= 0.6 is 23.2 Å². The van der Waals surface area contributed by atoms with Gasteiger partial charge in [-0.15, -0.1) is 5.10 Å². The average Bonchev–Trinajstić information content (AvgIpc) is 2.69. The molecular formula is C19H13Cl2FN4O4. The Balaban J connectivity index is 2.00. The second-order valence-corrected chi connectivity index (χ2v) is 7.42. The van der Waals surface area contributed by atoms with E-state index in [1.165, 1.54) is 6.08 Å². The third-order valence-corrected chi connectivity index (χ3v) is 4.87. The van der Waals surface area contributed by atoms with E-state index in [0.717, 1.165) is 6.07 Å². The number of nitriles is 1. The Morgan fingerprint density at radius 1 is 1.27 bits per heavy atom. The molecule has 2 aliphatic rings. The van der Waals surface area contributed by atoms with Gasteiger partial charge < -0.3 is 4.74 Å². The van der Waals surface area contributed by atoms with E-state index in [4.69, 9.17) is 33.2 Å². The monoisotopic (exact) mass is 450 g/mol. The summed E-state index contributed by atoms with van der Waals surface area (Å²) in [6.45, 7) is 3.53. The minimum atomic E-state index is -1.10. The topological polar surface area (TPSA) is 112 Å². The van der Waals surface area contributed by atoms with E-state index in [2.05, 4.69) is 10.1 Å². The highest BCUT2D eigenvalue weighted by molar-refractivity contribution is 6.50. The normalized spacial score (nSPS) is 16.9. The average molecular weight is 451 g/mol. The highest BCUT2D eigenvalue weighted by atomic mass is 35.5. The number of nitrogens with zero attached hydrogens (tertiary/aromatic N) is 4. The molecule has 0 saturated heterocycles. The number of benzene rings is 1. The molecule has 0 saturated carbocycles. The lowest BCUT2D eigenvalue weighted by molar-refractivity contribution is -0.124. The first-order chi connectivity index (χ1) is 14.1. The number of amides is 1. The van der Waals surface area contributed by atoms with Gasteiger partial charge in [-0.1, -0.05) is 37.0 Å². The number of halogens is 3. The molecule has 0 atom stereocenters. The number of hydrogen-bond donors (Lipinski definition) is 0. The summed E-state index contributed by atoms with van der Waals surface area (Å²) in [4.78, 5) is 39.6. The minimum absolute atomic E-state index is 0.0266. The third kappa shape index (κ3) is 3.97. The van der Waals surface area contributed by atoms with Crippen LogP contribution in [-0.2, 0) is 14.4 Å². The smallest absolute Gasteiger partial charge is 0.255 e. The lowest BCUT2D eigenvalue weighted by Crippen LogP contribution is -2.37. The Hall–Kier alpha value is -3.09. The Bertz CT molecular complexity index is 1120. The first kappa shape index (κ1) is 21.6. The van der Waals surface area contributed by atoms with Crippen molar-refractivity contribution in [2.45, 2.75) is 20.3 Å². The van der Waals surface area contributed by atoms with Crippen LogP contribution in [-0.4, -0.2) is 35.6 Å². The lowest BCUT2D eigenvalue weighted by atomic mass is 9.97. The first-order valence-corrected chi connectivity index (χ1v) is 9.39. The predicted octanol–water partition coefficient (Wildman–Crippen LogP) is 3.26. The Morgan fingerprint density at radius 3 is 2.60 bits per heavy atom. The van der Waals surface area contributed by atoms with Gasteiger partial charge in [-0.25, -0.2) is 9.38 Å². The summed E-state index contributed by atoms with van der Waals surface area (Å²) in [5.74, 6) is -3.18. The van der Waals surface area contributed by atoms with Gasteiger partial charge in [-0.3, -0.25) is 14.4 Å². The van der Waals surface area contributed by atoms with Gasteiger partial charge in [0.15, 0.2) is 17.3 Å². The fraction of sp³-hybridized carbons (Fsp3) is 0.263. The van der Waals surface area contributed by atoms with Crippen LogP contribution in [0, 0.1) is 23.1 Å². The molecule has 0 spiro atoms. The third-order valence-electron chi connectivity index (χ3n) is 4.25. The van der Waals surface area contributed by atoms with Crippen molar-refractivity contribution in [1.82, 2.24) is 0 Å². The molecule has 1 aromatic carbocycles. The highest BCUT2D eigenvalue weighted by Gasteiger charge is 2.32. The van der Waals surface area contributed by atoms with E-state index in [1.54, 1.807) is 6.07 Å². The van der Waals surface area contributed by atoms with Gasteiger partial charge in [-0.05, 0) is 12.0 Å². The molecule has 1 amide bonds. The fourth-order valence-electron chi connectivity index (χ4n) is 2.75. The molecule has 0 aliphatic carbocycles. The Labute approximate surface area is 180 Å². The molecule has 11 heteroatoms. The van der Waals surface area contributed by atoms with Gasteiger partial charge >= 0.3 is 0 Å². The van der Waals surface area contributed by atoms with Crippen LogP contribution in [0.15, 0.2) is 27.8 Å². The molecule has 3 rings (SSSR count). The van der Waals surface area contributed by atoms with E-state index < -0.39 is 40.4 Å². The van der Waals surface area contributed by atoms with Crippen LogP contribution in [0.5, 0.6) is 5.75 Å². The molecule has 8 nitrogen and oxygen atoms in total. The van der Waals surface area contributed by atoms with Crippen molar-refractivity contribution in [3.05, 3.63) is 33.6 Å². The van der Waals surface area contributed by atoms with Crippen molar-refractivity contribution < 1.29 is 23.5 Å². The molecule has 2 aliphatic heterocycles. The number of ether oxygens (including phenoxy) is 1. The second kappa shape index (κ2) is 8.34. The SMILES string of the molecule is CC(C)C1=CC(Oc2c(Cl)cc(N3N=C(C#N)C(=O)CC3=O)c(F)c2Cl)=NCC1=O. The lowest BCUT2D eigenvalue weighted by Gasteiger charge is -2.23. The zero-order valence-corrected chi connectivity index (χ0v) is 17.2. The van der Waals surface area contributed by atoms with Crippen LogP contribution in [0.25, 0.3) is 0 Å². The number of Topliss-reactive ketones (excluding diaryl/α,β-unsaturated/α-hetero) is 2. The van der Waals surface area contributed by atoms with E-state index in [0.29, 0.717) is 10.6 Å². The predicted molar refractivity (Wildman–Crippen MR) is 107 cm³/mol. The van der Waals surface area contributed by atoms with Crippen LogP contribution in [0.3, 0.4) is 0 Å². The molecule has 0 N–H and O–H groups in total. The van der Waals surface area contributed by atoms with Crippen molar-refractivity contribution in [3.8, 4) is 11.8 Å². The summed E-state index contributed by atoms with van der Waals surface area (Å²) >= 11 is 12.3. The van der Waals surface area contributed by atoms with Gasteiger partial charge in [0.05, 0.1) is 11.4 Å². The number of hydrazone groups is 1. The van der Waals surface area contributed by atoms with Gasteiger partial charge in [0.25, 0.3) is 5.91 Å². The molecule has 154 valence electrons. The van der Waals surface area contributed by atoms with E-state index >= 15 is 0 Å². The van der Waals surface area contributed by atoms with Gasteiger partial charge in [0.2, 0.25) is 17.4 Å². The maximum Gasteiger partial charge on any atom is 0.255 e. The summed E-state index contributed by atoms with van der Waals surface area (Å²) in [5, 5.41) is 12.4. The zero-order valence-electron chi connectivity index (χ0n) is 15.7. The molecular weight excluding hydrogens is 438 g/mol. The molecule has 1 aromatic rings.